The monoisotopic (exact) mass is 352 g/mol. The number of carbonyl (C=O) groups is 2. The molecule has 1 N–H and O–H groups in total. The van der Waals surface area contributed by atoms with Crippen molar-refractivity contribution >= 4 is 29.3 Å². The summed E-state index contributed by atoms with van der Waals surface area (Å²) in [7, 11) is 0. The highest BCUT2D eigenvalue weighted by molar-refractivity contribution is 8.00. The molecule has 2 heterocycles. The maximum Gasteiger partial charge on any atom is 0.254 e. The van der Waals surface area contributed by atoms with Gasteiger partial charge in [0.1, 0.15) is 0 Å². The van der Waals surface area contributed by atoms with E-state index in [-0.39, 0.29) is 23.1 Å². The second-order valence-corrected chi connectivity index (χ2v) is 7.91. The molecular formula is C20H20N2O2S. The normalized spacial score (nSPS) is 22.4. The van der Waals surface area contributed by atoms with E-state index in [1.54, 1.807) is 0 Å². The quantitative estimate of drug-likeness (QED) is 0.885. The first-order chi connectivity index (χ1) is 12.1. The molecule has 2 aliphatic heterocycles. The summed E-state index contributed by atoms with van der Waals surface area (Å²) in [5.74, 6) is 0.0254. The lowest BCUT2D eigenvalue weighted by Gasteiger charge is -2.26. The zero-order valence-electron chi connectivity index (χ0n) is 14.1. The third-order valence-electron chi connectivity index (χ3n) is 4.86. The van der Waals surface area contributed by atoms with Crippen molar-refractivity contribution in [3.05, 3.63) is 59.7 Å². The van der Waals surface area contributed by atoms with Crippen LogP contribution in [0.15, 0.2) is 53.4 Å². The lowest BCUT2D eigenvalue weighted by molar-refractivity contribution is -0.115. The summed E-state index contributed by atoms with van der Waals surface area (Å²) in [6, 6.07) is 16.0. The van der Waals surface area contributed by atoms with Crippen molar-refractivity contribution in [2.45, 2.75) is 36.0 Å². The van der Waals surface area contributed by atoms with Gasteiger partial charge >= 0.3 is 0 Å². The Kier molecular flexibility index (Phi) is 4.25. The van der Waals surface area contributed by atoms with E-state index in [1.807, 2.05) is 48.2 Å². The zero-order valence-corrected chi connectivity index (χ0v) is 14.9. The third-order valence-corrected chi connectivity index (χ3v) is 6.03. The first-order valence-electron chi connectivity index (χ1n) is 8.61. The van der Waals surface area contributed by atoms with Crippen molar-refractivity contribution in [1.29, 1.82) is 0 Å². The highest BCUT2D eigenvalue weighted by atomic mass is 32.2. The van der Waals surface area contributed by atoms with Crippen LogP contribution in [0, 0.1) is 0 Å². The molecule has 2 atom stereocenters. The number of amides is 2. The third kappa shape index (κ3) is 3.04. The molecule has 4 rings (SSSR count). The summed E-state index contributed by atoms with van der Waals surface area (Å²) < 4.78 is 0. The molecule has 1 saturated heterocycles. The van der Waals surface area contributed by atoms with E-state index in [9.17, 15) is 9.59 Å². The number of hydrogen-bond acceptors (Lipinski definition) is 3. The number of anilines is 1. The first kappa shape index (κ1) is 16.2. The summed E-state index contributed by atoms with van der Waals surface area (Å²) in [4.78, 5) is 27.9. The largest absolute Gasteiger partial charge is 0.332 e. The topological polar surface area (TPSA) is 49.4 Å². The van der Waals surface area contributed by atoms with Crippen LogP contribution in [-0.2, 0) is 4.79 Å². The molecule has 2 aromatic rings. The van der Waals surface area contributed by atoms with Crippen molar-refractivity contribution in [1.82, 2.24) is 4.90 Å². The molecule has 1 fully saturated rings. The van der Waals surface area contributed by atoms with Crippen LogP contribution in [0.3, 0.4) is 0 Å². The zero-order chi connectivity index (χ0) is 17.4. The predicted octanol–water partition coefficient (Wildman–Crippen LogP) is 4.10. The van der Waals surface area contributed by atoms with Crippen LogP contribution in [0.25, 0.3) is 0 Å². The molecule has 2 aliphatic rings. The second kappa shape index (κ2) is 6.56. The second-order valence-electron chi connectivity index (χ2n) is 6.53. The Morgan fingerprint density at radius 2 is 2.00 bits per heavy atom. The van der Waals surface area contributed by atoms with Gasteiger partial charge in [-0.25, -0.2) is 0 Å². The van der Waals surface area contributed by atoms with Gasteiger partial charge in [0.2, 0.25) is 5.91 Å². The van der Waals surface area contributed by atoms with Gasteiger partial charge < -0.3 is 10.2 Å². The van der Waals surface area contributed by atoms with Gasteiger partial charge in [0, 0.05) is 17.0 Å². The van der Waals surface area contributed by atoms with E-state index in [2.05, 4.69) is 17.4 Å². The Hall–Kier alpha value is -2.27. The van der Waals surface area contributed by atoms with Crippen molar-refractivity contribution in [3.63, 3.8) is 0 Å². The molecule has 2 amide bonds. The lowest BCUT2D eigenvalue weighted by atomic mass is 10.0. The van der Waals surface area contributed by atoms with E-state index in [0.29, 0.717) is 5.56 Å². The van der Waals surface area contributed by atoms with Crippen LogP contribution in [0.4, 0.5) is 5.69 Å². The molecule has 0 aliphatic carbocycles. The molecule has 0 unspecified atom stereocenters. The summed E-state index contributed by atoms with van der Waals surface area (Å²) in [5, 5.41) is 2.81. The van der Waals surface area contributed by atoms with Gasteiger partial charge in [0.25, 0.3) is 5.91 Å². The summed E-state index contributed by atoms with van der Waals surface area (Å²) in [6.45, 7) is 2.66. The fourth-order valence-electron chi connectivity index (χ4n) is 3.54. The SMILES string of the molecule is C[C@H]1Sc2ccc(C(=O)N3CCC[C@@H]3c3ccccc3)cc2NC1=O. The average Bonchev–Trinajstić information content (AvgIpc) is 3.12. The van der Waals surface area contributed by atoms with Gasteiger partial charge in [0.15, 0.2) is 0 Å². The summed E-state index contributed by atoms with van der Waals surface area (Å²) in [5.41, 5.74) is 2.57. The number of rotatable bonds is 2. The van der Waals surface area contributed by atoms with Gasteiger partial charge in [-0.3, -0.25) is 9.59 Å². The highest BCUT2D eigenvalue weighted by Crippen LogP contribution is 2.37. The fraction of sp³-hybridized carbons (Fsp3) is 0.300. The van der Waals surface area contributed by atoms with Crippen LogP contribution < -0.4 is 5.32 Å². The first-order valence-corrected chi connectivity index (χ1v) is 9.49. The van der Waals surface area contributed by atoms with E-state index in [0.717, 1.165) is 30.0 Å². The van der Waals surface area contributed by atoms with E-state index in [1.165, 1.54) is 17.3 Å². The van der Waals surface area contributed by atoms with Crippen LogP contribution in [0.2, 0.25) is 0 Å². The lowest BCUT2D eigenvalue weighted by Crippen LogP contribution is -2.31. The van der Waals surface area contributed by atoms with Crippen molar-refractivity contribution in [2.24, 2.45) is 0 Å². The van der Waals surface area contributed by atoms with Gasteiger partial charge in [0.05, 0.1) is 17.0 Å². The number of nitrogens with zero attached hydrogens (tertiary/aromatic N) is 1. The number of nitrogens with one attached hydrogen (secondary N) is 1. The van der Waals surface area contributed by atoms with Crippen molar-refractivity contribution in [3.8, 4) is 0 Å². The minimum atomic E-state index is -0.102. The van der Waals surface area contributed by atoms with Crippen molar-refractivity contribution in [2.75, 3.05) is 11.9 Å². The van der Waals surface area contributed by atoms with Crippen LogP contribution in [-0.4, -0.2) is 28.5 Å². The van der Waals surface area contributed by atoms with Gasteiger partial charge in [-0.15, -0.1) is 11.8 Å². The number of thioether (sulfide) groups is 1. The molecular weight excluding hydrogens is 332 g/mol. The molecule has 0 spiro atoms. The smallest absolute Gasteiger partial charge is 0.254 e. The van der Waals surface area contributed by atoms with Crippen LogP contribution >= 0.6 is 11.8 Å². The molecule has 5 heteroatoms. The highest BCUT2D eigenvalue weighted by Gasteiger charge is 2.31. The van der Waals surface area contributed by atoms with E-state index >= 15 is 0 Å². The van der Waals surface area contributed by atoms with Crippen LogP contribution in [0.5, 0.6) is 0 Å². The maximum atomic E-state index is 13.1. The fourth-order valence-corrected chi connectivity index (χ4v) is 4.47. The number of hydrogen-bond donors (Lipinski definition) is 1. The van der Waals surface area contributed by atoms with Crippen molar-refractivity contribution < 1.29 is 9.59 Å². The molecule has 0 bridgehead atoms. The van der Waals surface area contributed by atoms with Gasteiger partial charge in [-0.1, -0.05) is 30.3 Å². The van der Waals surface area contributed by atoms with Gasteiger partial charge in [-0.05, 0) is 43.5 Å². The number of carbonyl (C=O) groups excluding carboxylic acids is 2. The number of likely N-dealkylation sites (tertiary alicyclic amines) is 1. The molecule has 4 nitrogen and oxygen atoms in total. The molecule has 2 aromatic carbocycles. The Morgan fingerprint density at radius 1 is 1.20 bits per heavy atom. The van der Waals surface area contributed by atoms with Crippen LogP contribution in [0.1, 0.15) is 41.7 Å². The van der Waals surface area contributed by atoms with E-state index in [4.69, 9.17) is 0 Å². The predicted molar refractivity (Wildman–Crippen MR) is 99.8 cm³/mol. The number of fused-ring (bicyclic) bond motifs is 1. The summed E-state index contributed by atoms with van der Waals surface area (Å²) in [6.07, 6.45) is 2.01. The Balaban J connectivity index is 1.61. The Morgan fingerprint density at radius 3 is 2.80 bits per heavy atom. The molecule has 0 aromatic heterocycles. The average molecular weight is 352 g/mol. The maximum absolute atomic E-state index is 13.1. The minimum absolute atomic E-state index is 0.00886. The standard InChI is InChI=1S/C20H20N2O2S/c1-13-19(23)21-16-12-15(9-10-18(16)25-13)20(24)22-11-5-8-17(22)14-6-3-2-4-7-14/h2-4,6-7,9-10,12-13,17H,5,8,11H2,1H3,(H,21,23)/t13-,17-/m1/s1. The molecule has 128 valence electrons. The number of benzene rings is 2. The molecule has 0 saturated carbocycles. The summed E-state index contributed by atoms with van der Waals surface area (Å²) >= 11 is 1.53. The Bertz CT molecular complexity index is 822. The Labute approximate surface area is 151 Å². The van der Waals surface area contributed by atoms with Gasteiger partial charge in [-0.2, -0.15) is 0 Å². The van der Waals surface area contributed by atoms with E-state index < -0.39 is 0 Å². The molecule has 0 radical (unpaired) electrons. The molecule has 25 heavy (non-hydrogen) atoms. The minimum Gasteiger partial charge on any atom is -0.332 e.